The third kappa shape index (κ3) is 3.53. The van der Waals surface area contributed by atoms with Crippen molar-refractivity contribution in [2.24, 2.45) is 0 Å². The molecule has 0 atom stereocenters. The lowest BCUT2D eigenvalue weighted by molar-refractivity contribution is 0.102. The van der Waals surface area contributed by atoms with Gasteiger partial charge in [-0.1, -0.05) is 11.3 Å². The molecule has 0 aliphatic heterocycles. The lowest BCUT2D eigenvalue weighted by atomic mass is 10.2. The Morgan fingerprint density at radius 2 is 1.84 bits per heavy atom. The number of rotatable bonds is 4. The Morgan fingerprint density at radius 3 is 2.48 bits per heavy atom. The lowest BCUT2D eigenvalue weighted by Crippen LogP contribution is -2.22. The molecular formula is C16H14FN3O3S2. The second-order valence-electron chi connectivity index (χ2n) is 5.40. The van der Waals surface area contributed by atoms with Gasteiger partial charge in [0.25, 0.3) is 5.91 Å². The van der Waals surface area contributed by atoms with Gasteiger partial charge in [-0.2, -0.15) is 0 Å². The maximum atomic E-state index is 12.9. The van der Waals surface area contributed by atoms with Gasteiger partial charge >= 0.3 is 0 Å². The van der Waals surface area contributed by atoms with Gasteiger partial charge in [0.15, 0.2) is 5.13 Å². The molecule has 1 N–H and O–H groups in total. The summed E-state index contributed by atoms with van der Waals surface area (Å²) in [6.45, 7) is 0. The number of hydrogen-bond donors (Lipinski definition) is 1. The first-order valence-corrected chi connectivity index (χ1v) is 9.43. The van der Waals surface area contributed by atoms with E-state index in [1.165, 1.54) is 61.8 Å². The smallest absolute Gasteiger partial charge is 0.257 e. The summed E-state index contributed by atoms with van der Waals surface area (Å²) in [4.78, 5) is 16.6. The second-order valence-corrected chi connectivity index (χ2v) is 8.58. The molecule has 1 amide bonds. The van der Waals surface area contributed by atoms with Gasteiger partial charge in [-0.3, -0.25) is 10.1 Å². The molecule has 0 unspecified atom stereocenters. The van der Waals surface area contributed by atoms with Gasteiger partial charge in [0.2, 0.25) is 10.0 Å². The van der Waals surface area contributed by atoms with Crippen molar-refractivity contribution < 1.29 is 17.6 Å². The minimum atomic E-state index is -3.54. The molecule has 130 valence electrons. The zero-order valence-corrected chi connectivity index (χ0v) is 15.0. The number of amides is 1. The number of anilines is 1. The van der Waals surface area contributed by atoms with Gasteiger partial charge in [-0.15, -0.1) is 0 Å². The lowest BCUT2D eigenvalue weighted by Gasteiger charge is -2.10. The molecule has 0 radical (unpaired) electrons. The maximum absolute atomic E-state index is 12.9. The molecule has 3 rings (SSSR count). The van der Waals surface area contributed by atoms with Crippen LogP contribution in [0.4, 0.5) is 9.52 Å². The van der Waals surface area contributed by atoms with Crippen LogP contribution in [0.2, 0.25) is 0 Å². The molecule has 0 spiro atoms. The highest BCUT2D eigenvalue weighted by Crippen LogP contribution is 2.29. The van der Waals surface area contributed by atoms with Crippen molar-refractivity contribution in [1.29, 1.82) is 0 Å². The van der Waals surface area contributed by atoms with Crippen LogP contribution in [0.25, 0.3) is 10.2 Å². The topological polar surface area (TPSA) is 79.4 Å². The highest BCUT2D eigenvalue weighted by atomic mass is 32.2. The zero-order chi connectivity index (χ0) is 18.2. The average Bonchev–Trinajstić information content (AvgIpc) is 2.96. The largest absolute Gasteiger partial charge is 0.298 e. The van der Waals surface area contributed by atoms with Crippen molar-refractivity contribution in [3.05, 3.63) is 53.8 Å². The number of nitrogens with one attached hydrogen (secondary N) is 1. The third-order valence-corrected chi connectivity index (χ3v) is 6.21. The first-order chi connectivity index (χ1) is 11.8. The Labute approximate surface area is 148 Å². The highest BCUT2D eigenvalue weighted by Gasteiger charge is 2.18. The van der Waals surface area contributed by atoms with E-state index < -0.39 is 21.7 Å². The zero-order valence-electron chi connectivity index (χ0n) is 13.4. The predicted octanol–water partition coefficient (Wildman–Crippen LogP) is 2.94. The van der Waals surface area contributed by atoms with Gasteiger partial charge < -0.3 is 0 Å². The van der Waals surface area contributed by atoms with Crippen LogP contribution in [0.3, 0.4) is 0 Å². The number of nitrogens with zero attached hydrogens (tertiary/aromatic N) is 2. The van der Waals surface area contributed by atoms with E-state index in [1.54, 1.807) is 6.07 Å². The Bertz CT molecular complexity index is 1040. The summed E-state index contributed by atoms with van der Waals surface area (Å²) in [7, 11) is -0.622. The van der Waals surface area contributed by atoms with Crippen molar-refractivity contribution in [2.45, 2.75) is 4.90 Å². The van der Waals surface area contributed by atoms with Crippen molar-refractivity contribution >= 4 is 42.6 Å². The molecular weight excluding hydrogens is 365 g/mol. The molecule has 0 saturated carbocycles. The number of hydrogen-bond acceptors (Lipinski definition) is 5. The molecule has 0 aliphatic rings. The summed E-state index contributed by atoms with van der Waals surface area (Å²) >= 11 is 1.17. The van der Waals surface area contributed by atoms with Crippen molar-refractivity contribution in [2.75, 3.05) is 19.4 Å². The first-order valence-electron chi connectivity index (χ1n) is 7.17. The van der Waals surface area contributed by atoms with E-state index in [2.05, 4.69) is 10.3 Å². The number of carbonyl (C=O) groups is 1. The monoisotopic (exact) mass is 379 g/mol. The molecule has 0 fully saturated rings. The Hall–Kier alpha value is -2.36. The molecule has 0 bridgehead atoms. The van der Waals surface area contributed by atoms with Gasteiger partial charge in [-0.25, -0.2) is 22.1 Å². The molecule has 1 heterocycles. The van der Waals surface area contributed by atoms with Crippen LogP contribution in [0, 0.1) is 5.82 Å². The summed E-state index contributed by atoms with van der Waals surface area (Å²) in [6.07, 6.45) is 0. The van der Waals surface area contributed by atoms with Gasteiger partial charge in [0, 0.05) is 19.7 Å². The first kappa shape index (κ1) is 17.5. The summed E-state index contributed by atoms with van der Waals surface area (Å²) < 4.78 is 39.0. The molecule has 1 aromatic heterocycles. The summed E-state index contributed by atoms with van der Waals surface area (Å²) in [5, 5.41) is 2.97. The standard InChI is InChI=1S/C16H14FN3O3S2/c1-20(2)25(22,23)12-7-8-13-14(9-12)24-16(18-13)19-15(21)10-3-5-11(17)6-4-10/h3-9H,1-2H3,(H,18,19,21). The SMILES string of the molecule is CN(C)S(=O)(=O)c1ccc2nc(NC(=O)c3ccc(F)cc3)sc2c1. The van der Waals surface area contributed by atoms with Crippen LogP contribution in [0.5, 0.6) is 0 Å². The number of halogens is 1. The molecule has 3 aromatic rings. The number of thiazole rings is 1. The molecule has 0 saturated heterocycles. The fourth-order valence-corrected chi connectivity index (χ4v) is 4.00. The Balaban J connectivity index is 1.89. The van der Waals surface area contributed by atoms with E-state index in [0.29, 0.717) is 20.9 Å². The number of carbonyl (C=O) groups excluding carboxylic acids is 1. The van der Waals surface area contributed by atoms with E-state index in [9.17, 15) is 17.6 Å². The minimum absolute atomic E-state index is 0.157. The average molecular weight is 379 g/mol. The summed E-state index contributed by atoms with van der Waals surface area (Å²) in [5.41, 5.74) is 0.883. The highest BCUT2D eigenvalue weighted by molar-refractivity contribution is 7.89. The fraction of sp³-hybridized carbons (Fsp3) is 0.125. The minimum Gasteiger partial charge on any atom is -0.298 e. The van der Waals surface area contributed by atoms with E-state index in [4.69, 9.17) is 0 Å². The second kappa shape index (κ2) is 6.51. The third-order valence-electron chi connectivity index (χ3n) is 3.47. The number of fused-ring (bicyclic) bond motifs is 1. The summed E-state index contributed by atoms with van der Waals surface area (Å²) in [5.74, 6) is -0.841. The normalized spacial score (nSPS) is 11.8. The van der Waals surface area contributed by atoms with Crippen molar-refractivity contribution in [3.63, 3.8) is 0 Å². The van der Waals surface area contributed by atoms with Crippen LogP contribution in [0.1, 0.15) is 10.4 Å². The van der Waals surface area contributed by atoms with Crippen molar-refractivity contribution in [1.82, 2.24) is 9.29 Å². The van der Waals surface area contributed by atoms with E-state index in [-0.39, 0.29) is 4.90 Å². The van der Waals surface area contributed by atoms with Gasteiger partial charge in [-0.05, 0) is 42.5 Å². The Kier molecular flexibility index (Phi) is 4.55. The van der Waals surface area contributed by atoms with Gasteiger partial charge in [0.1, 0.15) is 5.82 Å². The number of sulfonamides is 1. The van der Waals surface area contributed by atoms with Gasteiger partial charge in [0.05, 0.1) is 15.1 Å². The molecule has 0 aliphatic carbocycles. The molecule has 9 heteroatoms. The molecule has 6 nitrogen and oxygen atoms in total. The maximum Gasteiger partial charge on any atom is 0.257 e. The number of aromatic nitrogens is 1. The molecule has 2 aromatic carbocycles. The Morgan fingerprint density at radius 1 is 1.16 bits per heavy atom. The molecule has 25 heavy (non-hydrogen) atoms. The van der Waals surface area contributed by atoms with Crippen LogP contribution < -0.4 is 5.32 Å². The van der Waals surface area contributed by atoms with E-state index in [1.807, 2.05) is 0 Å². The predicted molar refractivity (Wildman–Crippen MR) is 94.8 cm³/mol. The summed E-state index contributed by atoms with van der Waals surface area (Å²) in [6, 6.07) is 9.74. The number of benzene rings is 2. The van der Waals surface area contributed by atoms with E-state index >= 15 is 0 Å². The van der Waals surface area contributed by atoms with Crippen LogP contribution in [0.15, 0.2) is 47.4 Å². The van der Waals surface area contributed by atoms with Crippen LogP contribution >= 0.6 is 11.3 Å². The van der Waals surface area contributed by atoms with Crippen molar-refractivity contribution in [3.8, 4) is 0 Å². The van der Waals surface area contributed by atoms with Crippen LogP contribution in [-0.4, -0.2) is 37.7 Å². The fourth-order valence-electron chi connectivity index (χ4n) is 2.10. The van der Waals surface area contributed by atoms with Crippen LogP contribution in [-0.2, 0) is 10.0 Å². The van der Waals surface area contributed by atoms with E-state index in [0.717, 1.165) is 4.31 Å². The quantitative estimate of drug-likeness (QED) is 0.756.